The first kappa shape index (κ1) is 12.5. The summed E-state index contributed by atoms with van der Waals surface area (Å²) >= 11 is 0. The van der Waals surface area contributed by atoms with E-state index < -0.39 is 0 Å². The Bertz CT molecular complexity index is 486. The van der Waals surface area contributed by atoms with Gasteiger partial charge in [-0.15, -0.1) is 0 Å². The molecule has 0 atom stereocenters. The second-order valence-electron chi connectivity index (χ2n) is 7.30. The Labute approximate surface area is 120 Å². The molecule has 2 N–H and O–H groups in total. The van der Waals surface area contributed by atoms with Gasteiger partial charge in [-0.1, -0.05) is 0 Å². The predicted molar refractivity (Wildman–Crippen MR) is 79.4 cm³/mol. The van der Waals surface area contributed by atoms with Gasteiger partial charge in [0, 0.05) is 5.56 Å². The summed E-state index contributed by atoms with van der Waals surface area (Å²) in [6.07, 6.45) is 9.02. The third-order valence-electron chi connectivity index (χ3n) is 5.89. The van der Waals surface area contributed by atoms with E-state index in [1.165, 1.54) is 32.1 Å². The van der Waals surface area contributed by atoms with Crippen LogP contribution in [0.15, 0.2) is 12.3 Å². The molecule has 5 rings (SSSR count). The van der Waals surface area contributed by atoms with Gasteiger partial charge in [0.15, 0.2) is 0 Å². The van der Waals surface area contributed by atoms with Crippen molar-refractivity contribution in [1.82, 2.24) is 4.98 Å². The van der Waals surface area contributed by atoms with Gasteiger partial charge in [0.05, 0.1) is 18.5 Å². The minimum Gasteiger partial charge on any atom is -0.477 e. The summed E-state index contributed by atoms with van der Waals surface area (Å²) in [5.41, 5.74) is 7.51. The highest BCUT2D eigenvalue weighted by Gasteiger charge is 2.48. The molecule has 0 aliphatic heterocycles. The minimum absolute atomic E-state index is 0.712. The van der Waals surface area contributed by atoms with Crippen molar-refractivity contribution < 1.29 is 4.74 Å². The zero-order chi connectivity index (χ0) is 13.7. The second-order valence-corrected chi connectivity index (χ2v) is 7.30. The molecule has 3 heteroatoms. The van der Waals surface area contributed by atoms with Crippen molar-refractivity contribution >= 4 is 5.69 Å². The highest BCUT2D eigenvalue weighted by atomic mass is 16.5. The molecule has 0 radical (unpaired) electrons. The average Bonchev–Trinajstić information content (AvgIpc) is 2.39. The molecule has 4 aliphatic rings. The van der Waals surface area contributed by atoms with Gasteiger partial charge in [-0.05, 0) is 74.7 Å². The summed E-state index contributed by atoms with van der Waals surface area (Å²) in [5.74, 6) is 5.44. The standard InChI is InChI=1S/C17H24N2O/c1-10-2-15(18)8-19-17(10)20-9-16-13-4-11-3-12(6-13)7-14(16)5-11/h2,8,11-14,16H,3-7,9,18H2,1H3. The summed E-state index contributed by atoms with van der Waals surface area (Å²) in [6, 6.07) is 1.94. The van der Waals surface area contributed by atoms with Crippen LogP contribution in [0.5, 0.6) is 5.88 Å². The van der Waals surface area contributed by atoms with E-state index in [9.17, 15) is 0 Å². The van der Waals surface area contributed by atoms with E-state index >= 15 is 0 Å². The fourth-order valence-electron chi connectivity index (χ4n) is 5.22. The Morgan fingerprint density at radius 3 is 2.40 bits per heavy atom. The quantitative estimate of drug-likeness (QED) is 0.917. The zero-order valence-electron chi connectivity index (χ0n) is 12.2. The first-order valence-electron chi connectivity index (χ1n) is 8.04. The van der Waals surface area contributed by atoms with E-state index in [0.717, 1.165) is 47.6 Å². The summed E-state index contributed by atoms with van der Waals surface area (Å²) in [6.45, 7) is 2.88. The second kappa shape index (κ2) is 4.64. The number of nitrogen functional groups attached to an aromatic ring is 1. The molecule has 4 fully saturated rings. The van der Waals surface area contributed by atoms with Crippen LogP contribution in [0.25, 0.3) is 0 Å². The molecule has 1 aromatic rings. The van der Waals surface area contributed by atoms with Crippen LogP contribution >= 0.6 is 0 Å². The van der Waals surface area contributed by atoms with Gasteiger partial charge in [-0.3, -0.25) is 0 Å². The summed E-state index contributed by atoms with van der Waals surface area (Å²) in [7, 11) is 0. The number of hydrogen-bond acceptors (Lipinski definition) is 3. The Kier molecular flexibility index (Phi) is 2.90. The number of nitrogens with two attached hydrogens (primary N) is 1. The lowest BCUT2D eigenvalue weighted by atomic mass is 9.52. The van der Waals surface area contributed by atoms with Crippen LogP contribution in [0, 0.1) is 36.5 Å². The van der Waals surface area contributed by atoms with E-state index in [1.807, 2.05) is 13.0 Å². The SMILES string of the molecule is Cc1cc(N)cnc1OCC1C2CC3CC(C2)CC1C3. The van der Waals surface area contributed by atoms with Crippen LogP contribution in [-0.4, -0.2) is 11.6 Å². The van der Waals surface area contributed by atoms with E-state index in [4.69, 9.17) is 10.5 Å². The molecule has 0 spiro atoms. The number of ether oxygens (including phenoxy) is 1. The molecule has 0 saturated heterocycles. The van der Waals surface area contributed by atoms with E-state index in [1.54, 1.807) is 6.20 Å². The summed E-state index contributed by atoms with van der Waals surface area (Å²) in [5, 5.41) is 0. The van der Waals surface area contributed by atoms with Gasteiger partial charge >= 0.3 is 0 Å². The van der Waals surface area contributed by atoms with Gasteiger partial charge in [0.25, 0.3) is 0 Å². The van der Waals surface area contributed by atoms with Crippen LogP contribution < -0.4 is 10.5 Å². The van der Waals surface area contributed by atoms with Crippen molar-refractivity contribution in [3.8, 4) is 5.88 Å². The lowest BCUT2D eigenvalue weighted by Crippen LogP contribution is -2.47. The van der Waals surface area contributed by atoms with E-state index in [0.29, 0.717) is 5.69 Å². The van der Waals surface area contributed by atoms with Gasteiger partial charge in [-0.25, -0.2) is 4.98 Å². The molecule has 4 saturated carbocycles. The Hall–Kier alpha value is -1.25. The Balaban J connectivity index is 1.44. The van der Waals surface area contributed by atoms with Gasteiger partial charge in [0.1, 0.15) is 0 Å². The molecule has 20 heavy (non-hydrogen) atoms. The van der Waals surface area contributed by atoms with Crippen LogP contribution in [0.3, 0.4) is 0 Å². The maximum atomic E-state index is 6.05. The summed E-state index contributed by atoms with van der Waals surface area (Å²) in [4.78, 5) is 4.33. The molecule has 0 unspecified atom stereocenters. The highest BCUT2D eigenvalue weighted by molar-refractivity contribution is 5.41. The fourth-order valence-corrected chi connectivity index (χ4v) is 5.22. The molecule has 1 heterocycles. The van der Waals surface area contributed by atoms with Crippen molar-refractivity contribution in [1.29, 1.82) is 0 Å². The minimum atomic E-state index is 0.712. The van der Waals surface area contributed by atoms with Crippen molar-refractivity contribution in [2.75, 3.05) is 12.3 Å². The van der Waals surface area contributed by atoms with Crippen LogP contribution in [0.4, 0.5) is 5.69 Å². The molecule has 108 valence electrons. The molecular weight excluding hydrogens is 248 g/mol. The maximum Gasteiger partial charge on any atom is 0.216 e. The van der Waals surface area contributed by atoms with E-state index in [2.05, 4.69) is 4.98 Å². The van der Waals surface area contributed by atoms with Crippen molar-refractivity contribution in [3.05, 3.63) is 17.8 Å². The van der Waals surface area contributed by atoms with Crippen LogP contribution in [-0.2, 0) is 0 Å². The molecule has 4 aliphatic carbocycles. The number of anilines is 1. The number of rotatable bonds is 3. The van der Waals surface area contributed by atoms with Gasteiger partial charge in [-0.2, -0.15) is 0 Å². The third kappa shape index (κ3) is 2.07. The smallest absolute Gasteiger partial charge is 0.216 e. The molecule has 1 aromatic heterocycles. The zero-order valence-corrected chi connectivity index (χ0v) is 12.2. The Morgan fingerprint density at radius 1 is 1.15 bits per heavy atom. The largest absolute Gasteiger partial charge is 0.477 e. The number of hydrogen-bond donors (Lipinski definition) is 1. The highest BCUT2D eigenvalue weighted by Crippen LogP contribution is 2.56. The van der Waals surface area contributed by atoms with Crippen LogP contribution in [0.1, 0.15) is 37.7 Å². The van der Waals surface area contributed by atoms with Crippen molar-refractivity contribution in [2.24, 2.45) is 29.6 Å². The molecule has 0 amide bonds. The first-order chi connectivity index (χ1) is 9.69. The molecule has 3 nitrogen and oxygen atoms in total. The predicted octanol–water partition coefficient (Wildman–Crippen LogP) is 3.42. The third-order valence-corrected chi connectivity index (χ3v) is 5.89. The summed E-state index contributed by atoms with van der Waals surface area (Å²) < 4.78 is 6.05. The topological polar surface area (TPSA) is 48.1 Å². The van der Waals surface area contributed by atoms with Crippen molar-refractivity contribution in [2.45, 2.75) is 39.0 Å². The van der Waals surface area contributed by atoms with Gasteiger partial charge in [0.2, 0.25) is 5.88 Å². The molecular formula is C17H24N2O. The van der Waals surface area contributed by atoms with Crippen LogP contribution in [0.2, 0.25) is 0 Å². The number of pyridine rings is 1. The normalized spacial score (nSPS) is 38.1. The van der Waals surface area contributed by atoms with E-state index in [-0.39, 0.29) is 0 Å². The molecule has 0 aromatic carbocycles. The molecule has 4 bridgehead atoms. The lowest BCUT2D eigenvalue weighted by Gasteiger charge is -2.54. The number of nitrogens with zero attached hydrogens (tertiary/aromatic N) is 1. The monoisotopic (exact) mass is 272 g/mol. The van der Waals surface area contributed by atoms with Gasteiger partial charge < -0.3 is 10.5 Å². The maximum absolute atomic E-state index is 6.05. The van der Waals surface area contributed by atoms with Crippen molar-refractivity contribution in [3.63, 3.8) is 0 Å². The Morgan fingerprint density at radius 2 is 1.80 bits per heavy atom. The fraction of sp³-hybridized carbons (Fsp3) is 0.706. The first-order valence-corrected chi connectivity index (χ1v) is 8.04. The lowest BCUT2D eigenvalue weighted by molar-refractivity contribution is -0.0535. The number of aryl methyl sites for hydroxylation is 1. The number of aromatic nitrogens is 1. The average molecular weight is 272 g/mol.